The van der Waals surface area contributed by atoms with Crippen molar-refractivity contribution in [1.29, 1.82) is 0 Å². The molecule has 0 unspecified atom stereocenters. The van der Waals surface area contributed by atoms with Crippen molar-refractivity contribution in [3.05, 3.63) is 38.9 Å². The predicted octanol–water partition coefficient (Wildman–Crippen LogP) is 2.36. The molecule has 1 rings (SSSR count). The molecule has 0 amide bonds. The lowest BCUT2D eigenvalue weighted by atomic mass is 10.1. The van der Waals surface area contributed by atoms with E-state index in [9.17, 15) is 10.1 Å². The normalized spacial score (nSPS) is 10.2. The second-order valence-electron chi connectivity index (χ2n) is 3.27. The van der Waals surface area contributed by atoms with Crippen molar-refractivity contribution in [3.63, 3.8) is 0 Å². The van der Waals surface area contributed by atoms with Crippen LogP contribution in [-0.4, -0.2) is 12.0 Å². The van der Waals surface area contributed by atoms with Gasteiger partial charge < -0.3 is 4.74 Å². The van der Waals surface area contributed by atoms with Crippen LogP contribution in [0.4, 0.5) is 5.69 Å². The highest BCUT2D eigenvalue weighted by molar-refractivity contribution is 5.48. The minimum Gasteiger partial charge on any atom is -0.380 e. The third-order valence-corrected chi connectivity index (χ3v) is 2.04. The highest BCUT2D eigenvalue weighted by atomic mass is 16.6. The van der Waals surface area contributed by atoms with Gasteiger partial charge in [-0.2, -0.15) is 0 Å². The maximum atomic E-state index is 10.7. The van der Waals surface area contributed by atoms with E-state index >= 15 is 0 Å². The molecule has 4 heteroatoms. The summed E-state index contributed by atoms with van der Waals surface area (Å²) in [6, 6.07) is 3.57. The van der Waals surface area contributed by atoms with Gasteiger partial charge in [-0.1, -0.05) is 0 Å². The standard InChI is InChI=1S/C10H13NO3/c1-7-4-9(6-14-3)5-8(2)10(7)11(12)13/h4-5H,6H2,1-3H3. The van der Waals surface area contributed by atoms with Crippen molar-refractivity contribution in [2.75, 3.05) is 7.11 Å². The highest BCUT2D eigenvalue weighted by Gasteiger charge is 2.14. The third kappa shape index (κ3) is 2.09. The molecule has 76 valence electrons. The number of benzene rings is 1. The molecular weight excluding hydrogens is 182 g/mol. The SMILES string of the molecule is COCc1cc(C)c([N+](=O)[O-])c(C)c1. The van der Waals surface area contributed by atoms with Gasteiger partial charge in [0.25, 0.3) is 5.69 Å². The number of nitro groups is 1. The second kappa shape index (κ2) is 4.19. The van der Waals surface area contributed by atoms with Gasteiger partial charge >= 0.3 is 0 Å². The Hall–Kier alpha value is -1.42. The third-order valence-electron chi connectivity index (χ3n) is 2.04. The average molecular weight is 195 g/mol. The summed E-state index contributed by atoms with van der Waals surface area (Å²) >= 11 is 0. The Morgan fingerprint density at radius 1 is 1.36 bits per heavy atom. The van der Waals surface area contributed by atoms with Crippen molar-refractivity contribution >= 4 is 5.69 Å². The van der Waals surface area contributed by atoms with Crippen LogP contribution in [0, 0.1) is 24.0 Å². The molecule has 0 aliphatic carbocycles. The lowest BCUT2D eigenvalue weighted by Crippen LogP contribution is -1.98. The molecule has 0 aromatic heterocycles. The van der Waals surface area contributed by atoms with Gasteiger partial charge in [0.15, 0.2) is 0 Å². The average Bonchev–Trinajstić information content (AvgIpc) is 2.01. The Kier molecular flexibility index (Phi) is 3.19. The van der Waals surface area contributed by atoms with Crippen molar-refractivity contribution < 1.29 is 9.66 Å². The smallest absolute Gasteiger partial charge is 0.275 e. The molecule has 0 spiro atoms. The molecular formula is C10H13NO3. The van der Waals surface area contributed by atoms with E-state index in [4.69, 9.17) is 4.74 Å². The molecule has 1 aromatic rings. The first-order valence-corrected chi connectivity index (χ1v) is 4.29. The quantitative estimate of drug-likeness (QED) is 0.549. The Labute approximate surface area is 82.7 Å². The molecule has 4 nitrogen and oxygen atoms in total. The minimum atomic E-state index is -0.346. The van der Waals surface area contributed by atoms with E-state index in [0.717, 1.165) is 5.56 Å². The fraction of sp³-hybridized carbons (Fsp3) is 0.400. The van der Waals surface area contributed by atoms with E-state index in [1.165, 1.54) is 0 Å². The summed E-state index contributed by atoms with van der Waals surface area (Å²) in [5, 5.41) is 10.7. The number of aryl methyl sites for hydroxylation is 2. The lowest BCUT2D eigenvalue weighted by molar-refractivity contribution is -0.386. The highest BCUT2D eigenvalue weighted by Crippen LogP contribution is 2.24. The van der Waals surface area contributed by atoms with E-state index in [1.54, 1.807) is 33.1 Å². The van der Waals surface area contributed by atoms with Gasteiger partial charge in [-0.3, -0.25) is 10.1 Å². The van der Waals surface area contributed by atoms with Crippen molar-refractivity contribution in [2.24, 2.45) is 0 Å². The first-order chi connectivity index (χ1) is 6.56. The number of nitrogens with zero attached hydrogens (tertiary/aromatic N) is 1. The number of ether oxygens (including phenoxy) is 1. The Bertz CT molecular complexity index is 337. The molecule has 0 atom stereocenters. The number of hydrogen-bond acceptors (Lipinski definition) is 3. The van der Waals surface area contributed by atoms with E-state index in [1.807, 2.05) is 0 Å². The Morgan fingerprint density at radius 3 is 2.21 bits per heavy atom. The van der Waals surface area contributed by atoms with Crippen LogP contribution in [0.2, 0.25) is 0 Å². The largest absolute Gasteiger partial charge is 0.380 e. The summed E-state index contributed by atoms with van der Waals surface area (Å²) in [6.07, 6.45) is 0. The first-order valence-electron chi connectivity index (χ1n) is 4.29. The maximum Gasteiger partial charge on any atom is 0.275 e. The molecule has 0 saturated carbocycles. The van der Waals surface area contributed by atoms with Gasteiger partial charge in [-0.05, 0) is 31.5 Å². The molecule has 0 aliphatic heterocycles. The second-order valence-corrected chi connectivity index (χ2v) is 3.27. The van der Waals surface area contributed by atoms with Gasteiger partial charge in [0.1, 0.15) is 0 Å². The van der Waals surface area contributed by atoms with Crippen molar-refractivity contribution in [3.8, 4) is 0 Å². The topological polar surface area (TPSA) is 52.4 Å². The van der Waals surface area contributed by atoms with Crippen molar-refractivity contribution in [2.45, 2.75) is 20.5 Å². The van der Waals surface area contributed by atoms with Gasteiger partial charge in [0, 0.05) is 18.2 Å². The number of rotatable bonds is 3. The van der Waals surface area contributed by atoms with Gasteiger partial charge in [0.05, 0.1) is 11.5 Å². The zero-order valence-electron chi connectivity index (χ0n) is 8.53. The van der Waals surface area contributed by atoms with Gasteiger partial charge in [-0.25, -0.2) is 0 Å². The van der Waals surface area contributed by atoms with Crippen LogP contribution in [0.15, 0.2) is 12.1 Å². The Morgan fingerprint density at radius 2 is 1.86 bits per heavy atom. The van der Waals surface area contributed by atoms with Crippen LogP contribution in [0.1, 0.15) is 16.7 Å². The number of nitro benzene ring substituents is 1. The minimum absolute atomic E-state index is 0.199. The fourth-order valence-electron chi connectivity index (χ4n) is 1.58. The first kappa shape index (κ1) is 10.7. The van der Waals surface area contributed by atoms with Gasteiger partial charge in [-0.15, -0.1) is 0 Å². The van der Waals surface area contributed by atoms with E-state index in [-0.39, 0.29) is 10.6 Å². The molecule has 0 aliphatic rings. The summed E-state index contributed by atoms with van der Waals surface area (Å²) in [6.45, 7) is 3.97. The molecule has 14 heavy (non-hydrogen) atoms. The summed E-state index contributed by atoms with van der Waals surface area (Å²) in [4.78, 5) is 10.3. The lowest BCUT2D eigenvalue weighted by Gasteiger charge is -2.05. The van der Waals surface area contributed by atoms with E-state index in [2.05, 4.69) is 0 Å². The number of methoxy groups -OCH3 is 1. The van der Waals surface area contributed by atoms with Crippen LogP contribution in [0.5, 0.6) is 0 Å². The van der Waals surface area contributed by atoms with E-state index < -0.39 is 0 Å². The maximum absolute atomic E-state index is 10.7. The summed E-state index contributed by atoms with van der Waals surface area (Å²) in [5.74, 6) is 0. The summed E-state index contributed by atoms with van der Waals surface area (Å²) in [7, 11) is 1.60. The van der Waals surface area contributed by atoms with Crippen molar-refractivity contribution in [1.82, 2.24) is 0 Å². The Balaban J connectivity index is 3.18. The molecule has 0 bridgehead atoms. The molecule has 0 heterocycles. The van der Waals surface area contributed by atoms with Gasteiger partial charge in [0.2, 0.25) is 0 Å². The summed E-state index contributed by atoms with van der Waals surface area (Å²) in [5.41, 5.74) is 2.53. The van der Waals surface area contributed by atoms with Crippen LogP contribution in [0.3, 0.4) is 0 Å². The molecule has 0 saturated heterocycles. The van der Waals surface area contributed by atoms with Crippen LogP contribution < -0.4 is 0 Å². The molecule has 0 N–H and O–H groups in total. The molecule has 0 radical (unpaired) electrons. The zero-order valence-corrected chi connectivity index (χ0v) is 8.53. The fourth-order valence-corrected chi connectivity index (χ4v) is 1.58. The molecule has 0 fully saturated rings. The van der Waals surface area contributed by atoms with Crippen LogP contribution in [-0.2, 0) is 11.3 Å². The van der Waals surface area contributed by atoms with Crippen LogP contribution in [0.25, 0.3) is 0 Å². The zero-order chi connectivity index (χ0) is 10.7. The number of hydrogen-bond donors (Lipinski definition) is 0. The summed E-state index contributed by atoms with van der Waals surface area (Å²) < 4.78 is 4.97. The predicted molar refractivity (Wildman–Crippen MR) is 53.3 cm³/mol. The monoisotopic (exact) mass is 195 g/mol. The van der Waals surface area contributed by atoms with Crippen LogP contribution >= 0.6 is 0 Å². The van der Waals surface area contributed by atoms with E-state index in [0.29, 0.717) is 17.7 Å². The molecule has 1 aromatic carbocycles.